The molecule has 0 spiro atoms. The Morgan fingerprint density at radius 3 is 2.93 bits per heavy atom. The van der Waals surface area contributed by atoms with Gasteiger partial charge in [0.2, 0.25) is 5.91 Å². The summed E-state index contributed by atoms with van der Waals surface area (Å²) in [5.41, 5.74) is 0.751. The van der Waals surface area contributed by atoms with Crippen molar-refractivity contribution in [3.8, 4) is 17.1 Å². The van der Waals surface area contributed by atoms with Crippen molar-refractivity contribution in [1.29, 1.82) is 0 Å². The van der Waals surface area contributed by atoms with E-state index in [0.717, 1.165) is 18.4 Å². The highest BCUT2D eigenvalue weighted by Crippen LogP contribution is 2.33. The number of thioether (sulfide) groups is 1. The summed E-state index contributed by atoms with van der Waals surface area (Å²) in [5.74, 6) is 1.63. The van der Waals surface area contributed by atoms with Crippen LogP contribution in [0, 0.1) is 0 Å². The topological polar surface area (TPSA) is 69.0 Å². The lowest BCUT2D eigenvalue weighted by molar-refractivity contribution is -0.119. The van der Waals surface area contributed by atoms with E-state index in [-0.39, 0.29) is 5.91 Å². The molecule has 0 bridgehead atoms. The molecule has 0 aliphatic heterocycles. The molecule has 0 unspecified atom stereocenters. The van der Waals surface area contributed by atoms with Crippen LogP contribution in [0.5, 0.6) is 5.75 Å². The number of allylic oxidation sites excluding steroid dienone is 1. The van der Waals surface area contributed by atoms with Gasteiger partial charge < -0.3 is 10.1 Å². The van der Waals surface area contributed by atoms with Crippen LogP contribution >= 0.6 is 23.4 Å². The summed E-state index contributed by atoms with van der Waals surface area (Å²) < 4.78 is 7.34. The molecule has 8 heteroatoms. The maximum Gasteiger partial charge on any atom is 0.230 e. The van der Waals surface area contributed by atoms with Crippen LogP contribution in [-0.2, 0) is 11.3 Å². The number of carbonyl (C=O) groups excluding carboxylic acids is 1. The zero-order chi connectivity index (χ0) is 19.2. The second kappa shape index (κ2) is 9.28. The molecule has 1 fully saturated rings. The van der Waals surface area contributed by atoms with E-state index in [1.807, 2.05) is 4.57 Å². The Morgan fingerprint density at radius 1 is 1.44 bits per heavy atom. The first-order chi connectivity index (χ1) is 13.1. The fraction of sp³-hybridized carbons (Fsp3) is 0.421. The second-order valence-electron chi connectivity index (χ2n) is 6.39. The SMILES string of the molecule is C=CCn1c(SCC(=O)NC2CCCC2)nnc1-c1cc(Cl)ccc1OC. The molecule has 0 saturated heterocycles. The molecule has 0 atom stereocenters. The van der Waals surface area contributed by atoms with Gasteiger partial charge in [-0.2, -0.15) is 0 Å². The van der Waals surface area contributed by atoms with Crippen molar-refractivity contribution in [2.75, 3.05) is 12.9 Å². The van der Waals surface area contributed by atoms with Crippen LogP contribution in [0.4, 0.5) is 0 Å². The Hall–Kier alpha value is -1.99. The van der Waals surface area contributed by atoms with Crippen LogP contribution in [-0.4, -0.2) is 39.6 Å². The lowest BCUT2D eigenvalue weighted by Crippen LogP contribution is -2.33. The number of rotatable bonds is 8. The molecular weight excluding hydrogens is 384 g/mol. The summed E-state index contributed by atoms with van der Waals surface area (Å²) in [7, 11) is 1.60. The number of amides is 1. The summed E-state index contributed by atoms with van der Waals surface area (Å²) in [4.78, 5) is 12.2. The molecule has 0 radical (unpaired) electrons. The standard InChI is InChI=1S/C19H23ClN4O2S/c1-3-10-24-18(15-11-13(20)8-9-16(15)26-2)22-23-19(24)27-12-17(25)21-14-6-4-5-7-14/h3,8-9,11,14H,1,4-7,10,12H2,2H3,(H,21,25). The third-order valence-electron chi connectivity index (χ3n) is 4.48. The van der Waals surface area contributed by atoms with Crippen molar-refractivity contribution in [1.82, 2.24) is 20.1 Å². The molecule has 1 aromatic heterocycles. The van der Waals surface area contributed by atoms with Crippen molar-refractivity contribution in [2.45, 2.75) is 43.4 Å². The molecule has 144 valence electrons. The fourth-order valence-electron chi connectivity index (χ4n) is 3.21. The average Bonchev–Trinajstić information content (AvgIpc) is 3.30. The molecule has 1 aromatic carbocycles. The lowest BCUT2D eigenvalue weighted by Gasteiger charge is -2.12. The number of ether oxygens (including phenoxy) is 1. The normalized spacial score (nSPS) is 14.3. The number of halogens is 1. The minimum atomic E-state index is 0.0296. The third kappa shape index (κ3) is 4.84. The van der Waals surface area contributed by atoms with E-state index in [2.05, 4.69) is 22.1 Å². The molecule has 1 aliphatic rings. The van der Waals surface area contributed by atoms with Crippen molar-refractivity contribution < 1.29 is 9.53 Å². The lowest BCUT2D eigenvalue weighted by atomic mass is 10.2. The van der Waals surface area contributed by atoms with Crippen LogP contribution in [0.25, 0.3) is 11.4 Å². The molecule has 1 N–H and O–H groups in total. The molecule has 27 heavy (non-hydrogen) atoms. The first-order valence-corrected chi connectivity index (χ1v) is 10.3. The van der Waals surface area contributed by atoms with Crippen LogP contribution in [0.2, 0.25) is 5.02 Å². The largest absolute Gasteiger partial charge is 0.496 e. The average molecular weight is 407 g/mol. The van der Waals surface area contributed by atoms with E-state index in [9.17, 15) is 4.79 Å². The Labute approximate surface area is 168 Å². The smallest absolute Gasteiger partial charge is 0.230 e. The van der Waals surface area contributed by atoms with Crippen LogP contribution in [0.3, 0.4) is 0 Å². The second-order valence-corrected chi connectivity index (χ2v) is 7.77. The number of methoxy groups -OCH3 is 1. The molecule has 1 saturated carbocycles. The van der Waals surface area contributed by atoms with Gasteiger partial charge in [-0.25, -0.2) is 0 Å². The van der Waals surface area contributed by atoms with Crippen molar-refractivity contribution >= 4 is 29.3 Å². The Kier molecular flexibility index (Phi) is 6.79. The molecular formula is C19H23ClN4O2S. The molecule has 1 amide bonds. The summed E-state index contributed by atoms with van der Waals surface area (Å²) >= 11 is 7.52. The highest BCUT2D eigenvalue weighted by atomic mass is 35.5. The predicted octanol–water partition coefficient (Wildman–Crippen LogP) is 3.94. The number of nitrogens with zero attached hydrogens (tertiary/aromatic N) is 3. The van der Waals surface area contributed by atoms with E-state index >= 15 is 0 Å². The summed E-state index contributed by atoms with van der Waals surface area (Å²) in [6.45, 7) is 4.33. The maximum absolute atomic E-state index is 12.2. The number of nitrogens with one attached hydrogen (secondary N) is 1. The van der Waals surface area contributed by atoms with Gasteiger partial charge in [-0.05, 0) is 31.0 Å². The zero-order valence-corrected chi connectivity index (χ0v) is 16.9. The van der Waals surface area contributed by atoms with Gasteiger partial charge in [0.1, 0.15) is 5.75 Å². The highest BCUT2D eigenvalue weighted by molar-refractivity contribution is 7.99. The van der Waals surface area contributed by atoms with Crippen LogP contribution < -0.4 is 10.1 Å². The number of hydrogen-bond acceptors (Lipinski definition) is 5. The first-order valence-electron chi connectivity index (χ1n) is 8.92. The van der Waals surface area contributed by atoms with Gasteiger partial charge in [-0.3, -0.25) is 9.36 Å². The van der Waals surface area contributed by atoms with E-state index in [0.29, 0.717) is 40.1 Å². The van der Waals surface area contributed by atoms with Crippen molar-refractivity contribution in [3.63, 3.8) is 0 Å². The molecule has 6 nitrogen and oxygen atoms in total. The van der Waals surface area contributed by atoms with Gasteiger partial charge in [0.15, 0.2) is 11.0 Å². The van der Waals surface area contributed by atoms with Crippen LogP contribution in [0.1, 0.15) is 25.7 Å². The highest BCUT2D eigenvalue weighted by Gasteiger charge is 2.20. The van der Waals surface area contributed by atoms with Gasteiger partial charge in [-0.1, -0.05) is 42.3 Å². The van der Waals surface area contributed by atoms with Crippen molar-refractivity contribution in [3.05, 3.63) is 35.9 Å². The number of benzene rings is 1. The van der Waals surface area contributed by atoms with E-state index in [4.69, 9.17) is 16.3 Å². The molecule has 1 aliphatic carbocycles. The zero-order valence-electron chi connectivity index (χ0n) is 15.3. The van der Waals surface area contributed by atoms with Gasteiger partial charge in [0.05, 0.1) is 18.4 Å². The molecule has 3 rings (SSSR count). The van der Waals surface area contributed by atoms with Crippen molar-refractivity contribution in [2.24, 2.45) is 0 Å². The van der Waals surface area contributed by atoms with Gasteiger partial charge in [-0.15, -0.1) is 16.8 Å². The first kappa shape index (κ1) is 19.8. The van der Waals surface area contributed by atoms with Crippen LogP contribution in [0.15, 0.2) is 36.0 Å². The quantitative estimate of drug-likeness (QED) is 0.531. The number of carbonyl (C=O) groups is 1. The maximum atomic E-state index is 12.2. The Bertz CT molecular complexity index is 818. The van der Waals surface area contributed by atoms with E-state index in [1.54, 1.807) is 31.4 Å². The Morgan fingerprint density at radius 2 is 2.22 bits per heavy atom. The van der Waals surface area contributed by atoms with E-state index < -0.39 is 0 Å². The Balaban J connectivity index is 1.78. The minimum Gasteiger partial charge on any atom is -0.496 e. The molecule has 2 aromatic rings. The molecule has 1 heterocycles. The van der Waals surface area contributed by atoms with E-state index in [1.165, 1.54) is 24.6 Å². The third-order valence-corrected chi connectivity index (χ3v) is 5.69. The summed E-state index contributed by atoms with van der Waals surface area (Å²) in [6, 6.07) is 5.68. The fourth-order valence-corrected chi connectivity index (χ4v) is 4.14. The minimum absolute atomic E-state index is 0.0296. The summed E-state index contributed by atoms with van der Waals surface area (Å²) in [5, 5.41) is 12.9. The van der Waals surface area contributed by atoms with Gasteiger partial charge >= 0.3 is 0 Å². The van der Waals surface area contributed by atoms with Gasteiger partial charge in [0.25, 0.3) is 0 Å². The summed E-state index contributed by atoms with van der Waals surface area (Å²) in [6.07, 6.45) is 6.29. The van der Waals surface area contributed by atoms with Gasteiger partial charge in [0, 0.05) is 17.6 Å². The predicted molar refractivity (Wildman–Crippen MR) is 108 cm³/mol. The number of aromatic nitrogens is 3. The number of hydrogen-bond donors (Lipinski definition) is 1. The monoisotopic (exact) mass is 406 g/mol.